The highest BCUT2D eigenvalue weighted by Crippen LogP contribution is 2.22. The van der Waals surface area contributed by atoms with Crippen LogP contribution in [0.3, 0.4) is 0 Å². The van der Waals surface area contributed by atoms with E-state index in [4.69, 9.17) is 17.3 Å². The second-order valence-electron chi connectivity index (χ2n) is 11.7. The standard InChI is InChI=1S/C30H49ClN6O3/c1-5-26(10-11-29(32)39)33-28(20-24-6-8-25(31)9-7-24)30(40)35-16-18-36(19-17-35)37(21-22(2)3)27-12-14-34(15-13-27)23(4)38/h6-9,22,26-28,33H,5,10-21H2,1-4H3,(H2,32,39)/t26?,28-/m1/s1. The molecule has 1 aromatic carbocycles. The molecule has 2 saturated heterocycles. The minimum atomic E-state index is -0.395. The number of nitrogens with zero attached hydrogens (tertiary/aromatic N) is 4. The van der Waals surface area contributed by atoms with Crippen LogP contribution in [0.4, 0.5) is 0 Å². The van der Waals surface area contributed by atoms with Gasteiger partial charge in [-0.3, -0.25) is 14.4 Å². The molecule has 2 atom stereocenters. The number of carbonyl (C=O) groups is 3. The minimum Gasteiger partial charge on any atom is -0.370 e. The predicted molar refractivity (Wildman–Crippen MR) is 160 cm³/mol. The summed E-state index contributed by atoms with van der Waals surface area (Å²) < 4.78 is 0. The molecule has 9 nitrogen and oxygen atoms in total. The number of nitrogens with two attached hydrogens (primary N) is 1. The van der Waals surface area contributed by atoms with Crippen molar-refractivity contribution in [3.63, 3.8) is 0 Å². The van der Waals surface area contributed by atoms with E-state index in [1.54, 1.807) is 6.92 Å². The van der Waals surface area contributed by atoms with E-state index in [-0.39, 0.29) is 23.8 Å². The highest BCUT2D eigenvalue weighted by atomic mass is 35.5. The quantitative estimate of drug-likeness (QED) is 0.374. The number of halogens is 1. The number of primary amides is 1. The molecule has 224 valence electrons. The van der Waals surface area contributed by atoms with Gasteiger partial charge in [0.15, 0.2) is 0 Å². The third kappa shape index (κ3) is 9.72. The second-order valence-corrected chi connectivity index (χ2v) is 12.1. The average molecular weight is 577 g/mol. The van der Waals surface area contributed by atoms with Crippen LogP contribution < -0.4 is 11.1 Å². The van der Waals surface area contributed by atoms with Gasteiger partial charge in [0, 0.05) is 76.3 Å². The fourth-order valence-corrected chi connectivity index (χ4v) is 5.95. The number of piperazine rings is 1. The number of hydrogen-bond donors (Lipinski definition) is 2. The Morgan fingerprint density at radius 1 is 1.02 bits per heavy atom. The predicted octanol–water partition coefficient (Wildman–Crippen LogP) is 2.91. The molecular formula is C30H49ClN6O3. The van der Waals surface area contributed by atoms with Gasteiger partial charge in [-0.25, -0.2) is 10.0 Å². The van der Waals surface area contributed by atoms with E-state index in [1.165, 1.54) is 0 Å². The lowest BCUT2D eigenvalue weighted by Crippen LogP contribution is -2.61. The first-order valence-corrected chi connectivity index (χ1v) is 15.3. The zero-order chi connectivity index (χ0) is 29.2. The lowest BCUT2D eigenvalue weighted by molar-refractivity contribution is -0.144. The molecule has 3 N–H and O–H groups in total. The van der Waals surface area contributed by atoms with Crippen molar-refractivity contribution >= 4 is 29.3 Å². The fourth-order valence-electron chi connectivity index (χ4n) is 5.82. The largest absolute Gasteiger partial charge is 0.370 e. The van der Waals surface area contributed by atoms with Gasteiger partial charge >= 0.3 is 0 Å². The zero-order valence-corrected chi connectivity index (χ0v) is 25.5. The second kappa shape index (κ2) is 15.7. The van der Waals surface area contributed by atoms with Gasteiger partial charge in [0.25, 0.3) is 0 Å². The number of benzene rings is 1. The Hall–Kier alpha value is -2.20. The van der Waals surface area contributed by atoms with Crippen LogP contribution in [0, 0.1) is 5.92 Å². The van der Waals surface area contributed by atoms with Crippen molar-refractivity contribution in [3.05, 3.63) is 34.9 Å². The Labute approximate surface area is 245 Å². The Morgan fingerprint density at radius 2 is 1.65 bits per heavy atom. The molecule has 0 spiro atoms. The molecule has 1 aromatic rings. The summed E-state index contributed by atoms with van der Waals surface area (Å²) in [5.74, 6) is 0.444. The summed E-state index contributed by atoms with van der Waals surface area (Å²) in [6.45, 7) is 13.7. The molecule has 2 heterocycles. The summed E-state index contributed by atoms with van der Waals surface area (Å²) in [4.78, 5) is 41.0. The maximum Gasteiger partial charge on any atom is 0.240 e. The number of nitrogens with one attached hydrogen (secondary N) is 1. The smallest absolute Gasteiger partial charge is 0.240 e. The van der Waals surface area contributed by atoms with Gasteiger partial charge < -0.3 is 20.9 Å². The van der Waals surface area contributed by atoms with E-state index < -0.39 is 6.04 Å². The number of rotatable bonds is 13. The molecule has 1 unspecified atom stereocenters. The van der Waals surface area contributed by atoms with E-state index in [2.05, 4.69) is 36.1 Å². The van der Waals surface area contributed by atoms with Crippen LogP contribution in [0.25, 0.3) is 0 Å². The highest BCUT2D eigenvalue weighted by molar-refractivity contribution is 6.30. The zero-order valence-electron chi connectivity index (χ0n) is 24.8. The molecule has 3 rings (SSSR count). The molecule has 40 heavy (non-hydrogen) atoms. The lowest BCUT2D eigenvalue weighted by atomic mass is 10.0. The third-order valence-electron chi connectivity index (χ3n) is 8.13. The molecule has 0 aromatic heterocycles. The van der Waals surface area contributed by atoms with Crippen molar-refractivity contribution in [3.8, 4) is 0 Å². The number of carbonyl (C=O) groups excluding carboxylic acids is 3. The highest BCUT2D eigenvalue weighted by Gasteiger charge is 2.34. The van der Waals surface area contributed by atoms with Gasteiger partial charge in [-0.05, 0) is 55.7 Å². The van der Waals surface area contributed by atoms with E-state index in [1.807, 2.05) is 34.1 Å². The van der Waals surface area contributed by atoms with Crippen LogP contribution in [0.15, 0.2) is 24.3 Å². The Balaban J connectivity index is 1.66. The SMILES string of the molecule is CCC(CCC(N)=O)N[C@H](Cc1ccc(Cl)cc1)C(=O)N1CCN(N(CC(C)C)C2CCN(C(C)=O)CC2)CC1. The minimum absolute atomic E-state index is 0.0254. The first-order chi connectivity index (χ1) is 19.1. The number of amides is 3. The molecule has 0 bridgehead atoms. The summed E-state index contributed by atoms with van der Waals surface area (Å²) in [6.07, 6.45) is 4.21. The van der Waals surface area contributed by atoms with Gasteiger partial charge in [0.1, 0.15) is 0 Å². The molecule has 0 saturated carbocycles. The van der Waals surface area contributed by atoms with Crippen molar-refractivity contribution in [1.29, 1.82) is 0 Å². The number of likely N-dealkylation sites (tertiary alicyclic amines) is 1. The summed E-state index contributed by atoms with van der Waals surface area (Å²) in [5.41, 5.74) is 6.44. The average Bonchev–Trinajstić information content (AvgIpc) is 2.94. The molecule has 2 aliphatic heterocycles. The molecule has 2 fully saturated rings. The Morgan fingerprint density at radius 3 is 2.17 bits per heavy atom. The summed E-state index contributed by atoms with van der Waals surface area (Å²) in [7, 11) is 0. The van der Waals surface area contributed by atoms with E-state index in [9.17, 15) is 14.4 Å². The Kier molecular flexibility index (Phi) is 12.7. The van der Waals surface area contributed by atoms with Crippen molar-refractivity contribution in [1.82, 2.24) is 25.1 Å². The molecule has 0 aliphatic carbocycles. The summed E-state index contributed by atoms with van der Waals surface area (Å²) in [5, 5.41) is 9.17. The van der Waals surface area contributed by atoms with Crippen LogP contribution in [-0.2, 0) is 20.8 Å². The molecular weight excluding hydrogens is 528 g/mol. The van der Waals surface area contributed by atoms with Gasteiger partial charge in [0.05, 0.1) is 6.04 Å². The monoisotopic (exact) mass is 576 g/mol. The van der Waals surface area contributed by atoms with Gasteiger partial charge in [-0.15, -0.1) is 0 Å². The first kappa shape index (κ1) is 32.3. The number of piperidine rings is 1. The Bertz CT molecular complexity index is 959. The van der Waals surface area contributed by atoms with E-state index in [0.29, 0.717) is 49.3 Å². The maximum atomic E-state index is 13.9. The van der Waals surface area contributed by atoms with Gasteiger partial charge in [-0.1, -0.05) is 44.5 Å². The lowest BCUT2D eigenvalue weighted by Gasteiger charge is -2.47. The van der Waals surface area contributed by atoms with Crippen molar-refractivity contribution in [2.45, 2.75) is 84.3 Å². The molecule has 2 aliphatic rings. The van der Waals surface area contributed by atoms with Crippen LogP contribution in [0.5, 0.6) is 0 Å². The van der Waals surface area contributed by atoms with Crippen molar-refractivity contribution in [2.75, 3.05) is 45.8 Å². The number of hydrazine groups is 1. The van der Waals surface area contributed by atoms with Crippen LogP contribution in [-0.4, -0.2) is 101 Å². The number of hydrogen-bond acceptors (Lipinski definition) is 6. The first-order valence-electron chi connectivity index (χ1n) is 14.9. The molecule has 3 amide bonds. The van der Waals surface area contributed by atoms with Crippen LogP contribution in [0.2, 0.25) is 5.02 Å². The van der Waals surface area contributed by atoms with Gasteiger partial charge in [-0.2, -0.15) is 0 Å². The van der Waals surface area contributed by atoms with Gasteiger partial charge in [0.2, 0.25) is 17.7 Å². The summed E-state index contributed by atoms with van der Waals surface area (Å²) >= 11 is 6.10. The third-order valence-corrected chi connectivity index (χ3v) is 8.39. The van der Waals surface area contributed by atoms with E-state index >= 15 is 0 Å². The van der Waals surface area contributed by atoms with Crippen LogP contribution >= 0.6 is 11.6 Å². The molecule has 0 radical (unpaired) electrons. The molecule has 10 heteroatoms. The van der Waals surface area contributed by atoms with E-state index in [0.717, 1.165) is 57.5 Å². The maximum absolute atomic E-state index is 13.9. The summed E-state index contributed by atoms with van der Waals surface area (Å²) in [6, 6.07) is 7.68. The fraction of sp³-hybridized carbons (Fsp3) is 0.700. The van der Waals surface area contributed by atoms with Crippen molar-refractivity contribution in [2.24, 2.45) is 11.7 Å². The topological polar surface area (TPSA) is 102 Å². The normalized spacial score (nSPS) is 18.8. The van der Waals surface area contributed by atoms with Crippen LogP contribution in [0.1, 0.15) is 65.4 Å². The van der Waals surface area contributed by atoms with Crippen molar-refractivity contribution < 1.29 is 14.4 Å².